The molecule has 1 aliphatic rings. The summed E-state index contributed by atoms with van der Waals surface area (Å²) in [6.45, 7) is 1.79. The Kier molecular flexibility index (Phi) is 2.90. The zero-order valence-electron chi connectivity index (χ0n) is 6.78. The average molecular weight is 176 g/mol. The third-order valence-corrected chi connectivity index (χ3v) is 2.41. The Labute approximate surface area is 68.3 Å². The molecule has 0 saturated carbocycles. The molecule has 1 saturated heterocycles. The van der Waals surface area contributed by atoms with Gasteiger partial charge in [-0.2, -0.15) is 0 Å². The van der Waals surface area contributed by atoms with Crippen LogP contribution in [-0.4, -0.2) is 32.7 Å². The second kappa shape index (κ2) is 3.54. The van der Waals surface area contributed by atoms with Gasteiger partial charge in [-0.1, -0.05) is 6.42 Å². The lowest BCUT2D eigenvalue weighted by Gasteiger charge is -2.24. The maximum atomic E-state index is 10.8. The minimum atomic E-state index is -2.92. The molecule has 0 aromatic carbocycles. The second-order valence-corrected chi connectivity index (χ2v) is 4.90. The minimum Gasteiger partial charge on any atom is -0.285 e. The Bertz CT molecular complexity index is 204. The number of hydrogen-bond acceptors (Lipinski definition) is 3. The van der Waals surface area contributed by atoms with E-state index in [-0.39, 0.29) is 0 Å². The van der Waals surface area contributed by atoms with Gasteiger partial charge in [0.05, 0.1) is 0 Å². The van der Waals surface area contributed by atoms with Crippen LogP contribution >= 0.6 is 0 Å². The monoisotopic (exact) mass is 176 g/mol. The molecule has 3 nitrogen and oxygen atoms in total. The first kappa shape index (κ1) is 9.00. The average Bonchev–Trinajstić information content (AvgIpc) is 1.85. The van der Waals surface area contributed by atoms with E-state index in [1.165, 1.54) is 18.6 Å². The minimum absolute atomic E-state index is 0.896. The summed E-state index contributed by atoms with van der Waals surface area (Å²) >= 11 is 0. The van der Waals surface area contributed by atoms with E-state index in [1.54, 1.807) is 0 Å². The molecule has 11 heavy (non-hydrogen) atoms. The third-order valence-electron chi connectivity index (χ3n) is 1.73. The number of sulfone groups is 1. The molecule has 1 fully saturated rings. The van der Waals surface area contributed by atoms with E-state index >= 15 is 0 Å². The van der Waals surface area contributed by atoms with Crippen LogP contribution < -0.4 is 0 Å². The lowest BCUT2D eigenvalue weighted by Crippen LogP contribution is -2.29. The van der Waals surface area contributed by atoms with E-state index in [0.717, 1.165) is 25.9 Å². The van der Waals surface area contributed by atoms with Crippen LogP contribution in [0.25, 0.3) is 0 Å². The molecule has 0 bridgehead atoms. The molecule has 0 unspecified atom stereocenters. The van der Waals surface area contributed by atoms with Gasteiger partial charge < -0.3 is 0 Å². The van der Waals surface area contributed by atoms with Crippen molar-refractivity contribution in [3.05, 3.63) is 5.88 Å². The molecule has 0 aliphatic carbocycles. The molecule has 1 rings (SSSR count). The summed E-state index contributed by atoms with van der Waals surface area (Å²) in [7, 11) is -2.92. The molecule has 0 aromatic rings. The van der Waals surface area contributed by atoms with E-state index in [0.29, 0.717) is 0 Å². The van der Waals surface area contributed by atoms with Gasteiger partial charge in [-0.15, -0.1) is 0 Å². The molecule has 0 N–H and O–H groups in total. The van der Waals surface area contributed by atoms with Gasteiger partial charge in [-0.25, -0.2) is 8.42 Å². The first-order valence-corrected chi connectivity index (χ1v) is 5.82. The summed E-state index contributed by atoms with van der Waals surface area (Å²) < 4.78 is 21.6. The molecule has 65 valence electrons. The first-order valence-electron chi connectivity index (χ1n) is 3.87. The van der Waals surface area contributed by atoms with Crippen molar-refractivity contribution < 1.29 is 8.42 Å². The van der Waals surface area contributed by atoms with Crippen LogP contribution in [-0.2, 0) is 9.84 Å². The smallest absolute Gasteiger partial charge is 0.166 e. The highest BCUT2D eigenvalue weighted by atomic mass is 32.2. The SMILES string of the molecule is CS(=O)(=O)[CH]N1CCCCC1. The molecule has 0 amide bonds. The van der Waals surface area contributed by atoms with Crippen molar-refractivity contribution >= 4 is 9.84 Å². The van der Waals surface area contributed by atoms with E-state index in [2.05, 4.69) is 0 Å². The number of nitrogens with zero attached hydrogens (tertiary/aromatic N) is 1. The summed E-state index contributed by atoms with van der Waals surface area (Å²) in [6.07, 6.45) is 4.70. The zero-order chi connectivity index (χ0) is 8.32. The molecule has 1 heterocycles. The Balaban J connectivity index is 2.36. The Morgan fingerprint density at radius 3 is 2.18 bits per heavy atom. The fourth-order valence-electron chi connectivity index (χ4n) is 1.29. The van der Waals surface area contributed by atoms with Crippen molar-refractivity contribution in [2.24, 2.45) is 0 Å². The normalized spacial score (nSPS) is 21.9. The second-order valence-electron chi connectivity index (χ2n) is 3.03. The fraction of sp³-hybridized carbons (Fsp3) is 0.857. The first-order chi connectivity index (χ1) is 5.08. The predicted molar refractivity (Wildman–Crippen MR) is 44.6 cm³/mol. The molecule has 4 heteroatoms. The van der Waals surface area contributed by atoms with Gasteiger partial charge in [-0.05, 0) is 25.9 Å². The summed E-state index contributed by atoms with van der Waals surface area (Å²) in [5.74, 6) is 1.35. The number of likely N-dealkylation sites (tertiary alicyclic amines) is 1. The zero-order valence-corrected chi connectivity index (χ0v) is 7.60. The van der Waals surface area contributed by atoms with Crippen LogP contribution in [0.5, 0.6) is 0 Å². The third kappa shape index (κ3) is 3.72. The quantitative estimate of drug-likeness (QED) is 0.619. The van der Waals surface area contributed by atoms with Crippen LogP contribution in [0.4, 0.5) is 0 Å². The highest BCUT2D eigenvalue weighted by molar-refractivity contribution is 7.92. The molecular formula is C7H14NO2S. The molecule has 0 atom stereocenters. The Morgan fingerprint density at radius 2 is 1.73 bits per heavy atom. The highest BCUT2D eigenvalue weighted by Gasteiger charge is 2.14. The van der Waals surface area contributed by atoms with Crippen LogP contribution in [0.2, 0.25) is 0 Å². The van der Waals surface area contributed by atoms with Crippen molar-refractivity contribution in [2.75, 3.05) is 19.3 Å². The topological polar surface area (TPSA) is 37.4 Å². The van der Waals surface area contributed by atoms with E-state index < -0.39 is 9.84 Å². The predicted octanol–water partition coefficient (Wildman–Crippen LogP) is 0.636. The van der Waals surface area contributed by atoms with Crippen LogP contribution in [0.15, 0.2) is 0 Å². The fourth-order valence-corrected chi connectivity index (χ4v) is 2.05. The summed E-state index contributed by atoms with van der Waals surface area (Å²) in [6, 6.07) is 0. The Morgan fingerprint density at radius 1 is 1.18 bits per heavy atom. The van der Waals surface area contributed by atoms with Gasteiger partial charge >= 0.3 is 0 Å². The van der Waals surface area contributed by atoms with E-state index in [1.807, 2.05) is 4.90 Å². The maximum absolute atomic E-state index is 10.8. The van der Waals surface area contributed by atoms with Gasteiger partial charge in [0.15, 0.2) is 9.84 Å². The van der Waals surface area contributed by atoms with E-state index in [4.69, 9.17) is 0 Å². The number of hydrogen-bond donors (Lipinski definition) is 0. The number of piperidine rings is 1. The van der Waals surface area contributed by atoms with Gasteiger partial charge in [0.25, 0.3) is 0 Å². The van der Waals surface area contributed by atoms with Gasteiger partial charge in [0, 0.05) is 6.26 Å². The Hall–Kier alpha value is -0.0900. The molecule has 0 spiro atoms. The van der Waals surface area contributed by atoms with Gasteiger partial charge in [0.2, 0.25) is 0 Å². The van der Waals surface area contributed by atoms with Crippen LogP contribution in [0.3, 0.4) is 0 Å². The summed E-state index contributed by atoms with van der Waals surface area (Å²) in [5, 5.41) is 0. The van der Waals surface area contributed by atoms with Crippen molar-refractivity contribution in [3.63, 3.8) is 0 Å². The number of rotatable bonds is 2. The molecule has 1 radical (unpaired) electrons. The molecule has 0 aromatic heterocycles. The highest BCUT2D eigenvalue weighted by Crippen LogP contribution is 2.11. The maximum Gasteiger partial charge on any atom is 0.166 e. The van der Waals surface area contributed by atoms with Gasteiger partial charge in [-0.3, -0.25) is 4.90 Å². The van der Waals surface area contributed by atoms with Crippen molar-refractivity contribution in [3.8, 4) is 0 Å². The van der Waals surface area contributed by atoms with E-state index in [9.17, 15) is 8.42 Å². The molecule has 1 aliphatic heterocycles. The summed E-state index contributed by atoms with van der Waals surface area (Å²) in [4.78, 5) is 1.89. The van der Waals surface area contributed by atoms with Crippen molar-refractivity contribution in [1.82, 2.24) is 4.90 Å². The standard InChI is InChI=1S/C7H14NO2S/c1-11(9,10)7-8-5-3-2-4-6-8/h7H,2-6H2,1H3. The van der Waals surface area contributed by atoms with Gasteiger partial charge in [0.1, 0.15) is 5.88 Å². The van der Waals surface area contributed by atoms with Crippen LogP contribution in [0, 0.1) is 5.88 Å². The lowest BCUT2D eigenvalue weighted by atomic mass is 10.1. The molecular weight excluding hydrogens is 162 g/mol. The summed E-state index contributed by atoms with van der Waals surface area (Å²) in [5.41, 5.74) is 0. The van der Waals surface area contributed by atoms with Crippen LogP contribution in [0.1, 0.15) is 19.3 Å². The largest absolute Gasteiger partial charge is 0.285 e. The lowest BCUT2D eigenvalue weighted by molar-refractivity contribution is 0.294. The van der Waals surface area contributed by atoms with Crippen molar-refractivity contribution in [1.29, 1.82) is 0 Å². The van der Waals surface area contributed by atoms with Crippen molar-refractivity contribution in [2.45, 2.75) is 19.3 Å².